The largest absolute Gasteiger partial charge is 0.401 e. The molecule has 4 nitrogen and oxygen atoms in total. The highest BCUT2D eigenvalue weighted by Gasteiger charge is 2.32. The van der Waals surface area contributed by atoms with Crippen molar-refractivity contribution in [1.82, 2.24) is 10.2 Å². The number of carbonyl (C=O) groups is 1. The van der Waals surface area contributed by atoms with E-state index >= 15 is 0 Å². The molecule has 1 aromatic carbocycles. The molecule has 23 heavy (non-hydrogen) atoms. The third-order valence-corrected chi connectivity index (χ3v) is 4.05. The average Bonchev–Trinajstić information content (AvgIpc) is 2.48. The maximum atomic E-state index is 12.3. The minimum atomic E-state index is -4.12. The van der Waals surface area contributed by atoms with Crippen molar-refractivity contribution < 1.29 is 18.0 Å². The summed E-state index contributed by atoms with van der Waals surface area (Å²) >= 11 is 0. The van der Waals surface area contributed by atoms with E-state index in [1.165, 1.54) is 4.90 Å². The maximum Gasteiger partial charge on any atom is 0.401 e. The van der Waals surface area contributed by atoms with Crippen molar-refractivity contribution in [3.63, 3.8) is 0 Å². The van der Waals surface area contributed by atoms with Crippen molar-refractivity contribution in [2.24, 2.45) is 5.73 Å². The first-order valence-corrected chi connectivity index (χ1v) is 7.75. The minimum absolute atomic E-state index is 0.249. The summed E-state index contributed by atoms with van der Waals surface area (Å²) in [5.41, 5.74) is 6.75. The molecule has 0 spiro atoms. The highest BCUT2D eigenvalue weighted by molar-refractivity contribution is 5.92. The van der Waals surface area contributed by atoms with E-state index < -0.39 is 18.6 Å². The fourth-order valence-corrected chi connectivity index (χ4v) is 2.85. The van der Waals surface area contributed by atoms with Crippen LogP contribution in [0.3, 0.4) is 0 Å². The number of carbonyl (C=O) groups excluding carboxylic acids is 1. The van der Waals surface area contributed by atoms with Gasteiger partial charge >= 0.3 is 6.18 Å². The highest BCUT2D eigenvalue weighted by Crippen LogP contribution is 2.19. The third-order valence-electron chi connectivity index (χ3n) is 4.05. The molecular weight excluding hydrogens is 307 g/mol. The Labute approximate surface area is 133 Å². The number of piperidine rings is 1. The highest BCUT2D eigenvalue weighted by atomic mass is 19.4. The first kappa shape index (κ1) is 17.7. The number of alkyl halides is 3. The van der Waals surface area contributed by atoms with Crippen molar-refractivity contribution in [3.8, 4) is 0 Å². The fourth-order valence-electron chi connectivity index (χ4n) is 2.85. The first-order chi connectivity index (χ1) is 10.8. The van der Waals surface area contributed by atoms with E-state index in [0.717, 1.165) is 31.4 Å². The van der Waals surface area contributed by atoms with Gasteiger partial charge in [0.2, 0.25) is 5.91 Å². The monoisotopic (exact) mass is 329 g/mol. The second-order valence-corrected chi connectivity index (χ2v) is 5.93. The molecule has 1 heterocycles. The number of hydrogen-bond donors (Lipinski definition) is 2. The predicted octanol–water partition coefficient (Wildman–Crippen LogP) is 1.94. The Morgan fingerprint density at radius 2 is 2.00 bits per heavy atom. The number of benzene rings is 1. The summed E-state index contributed by atoms with van der Waals surface area (Å²) in [6.07, 6.45) is -1.93. The molecule has 0 unspecified atom stereocenters. The van der Waals surface area contributed by atoms with Crippen molar-refractivity contribution in [3.05, 3.63) is 35.4 Å². The number of hydrogen-bond acceptors (Lipinski definition) is 3. The maximum absolute atomic E-state index is 12.3. The van der Waals surface area contributed by atoms with Gasteiger partial charge in [-0.3, -0.25) is 9.69 Å². The molecule has 7 heteroatoms. The smallest absolute Gasteiger partial charge is 0.366 e. The van der Waals surface area contributed by atoms with Crippen LogP contribution in [-0.4, -0.2) is 49.2 Å². The Bertz CT molecular complexity index is 526. The molecular formula is C16H22F3N3O. The lowest BCUT2D eigenvalue weighted by Crippen LogP contribution is -2.45. The average molecular weight is 329 g/mol. The standard InChI is InChI=1S/C16H22F3N3O/c17-16(18,19)11-22-8-5-14(6-9-22)21-7-4-12-2-1-3-13(10-12)15(20)23/h1-3,10,14,21H,4-9,11H2,(H2,20,23). The van der Waals surface area contributed by atoms with Crippen LogP contribution in [0, 0.1) is 0 Å². The van der Waals surface area contributed by atoms with Gasteiger partial charge in [0.25, 0.3) is 0 Å². The zero-order valence-electron chi connectivity index (χ0n) is 12.9. The Kier molecular flexibility index (Phi) is 6.01. The van der Waals surface area contributed by atoms with Crippen molar-refractivity contribution in [2.75, 3.05) is 26.2 Å². The van der Waals surface area contributed by atoms with Crippen LogP contribution in [0.15, 0.2) is 24.3 Å². The summed E-state index contributed by atoms with van der Waals surface area (Å²) in [4.78, 5) is 12.6. The van der Waals surface area contributed by atoms with E-state index in [1.807, 2.05) is 6.07 Å². The molecule has 1 aliphatic rings. The summed E-state index contributed by atoms with van der Waals surface area (Å²) < 4.78 is 37.0. The number of nitrogens with zero attached hydrogens (tertiary/aromatic N) is 1. The van der Waals surface area contributed by atoms with E-state index in [-0.39, 0.29) is 6.04 Å². The van der Waals surface area contributed by atoms with Crippen LogP contribution >= 0.6 is 0 Å². The molecule has 0 saturated carbocycles. The Balaban J connectivity index is 1.70. The molecule has 1 saturated heterocycles. The second-order valence-electron chi connectivity index (χ2n) is 5.93. The number of halogens is 3. The molecule has 128 valence electrons. The number of likely N-dealkylation sites (tertiary alicyclic amines) is 1. The van der Waals surface area contributed by atoms with Crippen molar-refractivity contribution in [2.45, 2.75) is 31.5 Å². The molecule has 1 amide bonds. The van der Waals surface area contributed by atoms with Gasteiger partial charge in [0.05, 0.1) is 6.54 Å². The van der Waals surface area contributed by atoms with Gasteiger partial charge in [0.1, 0.15) is 0 Å². The van der Waals surface area contributed by atoms with Crippen LogP contribution in [-0.2, 0) is 6.42 Å². The molecule has 2 rings (SSSR count). The van der Waals surface area contributed by atoms with Crippen LogP contribution in [0.4, 0.5) is 13.2 Å². The molecule has 0 radical (unpaired) electrons. The molecule has 0 aliphatic carbocycles. The van der Waals surface area contributed by atoms with Gasteiger partial charge in [-0.15, -0.1) is 0 Å². The van der Waals surface area contributed by atoms with E-state index in [9.17, 15) is 18.0 Å². The molecule has 1 aliphatic heterocycles. The summed E-state index contributed by atoms with van der Waals surface area (Å²) in [6.45, 7) is 0.842. The predicted molar refractivity (Wildman–Crippen MR) is 82.2 cm³/mol. The van der Waals surface area contributed by atoms with Gasteiger partial charge < -0.3 is 11.1 Å². The van der Waals surface area contributed by atoms with Crippen LogP contribution in [0.5, 0.6) is 0 Å². The number of primary amides is 1. The van der Waals surface area contributed by atoms with E-state index in [4.69, 9.17) is 5.73 Å². The van der Waals surface area contributed by atoms with Crippen molar-refractivity contribution in [1.29, 1.82) is 0 Å². The van der Waals surface area contributed by atoms with Gasteiger partial charge in [-0.2, -0.15) is 13.2 Å². The summed E-state index contributed by atoms with van der Waals surface area (Å²) in [5, 5.41) is 3.38. The number of rotatable bonds is 6. The van der Waals surface area contributed by atoms with Gasteiger partial charge in [0.15, 0.2) is 0 Å². The Hall–Kier alpha value is -1.60. The quantitative estimate of drug-likeness (QED) is 0.839. The first-order valence-electron chi connectivity index (χ1n) is 7.75. The lowest BCUT2D eigenvalue weighted by Gasteiger charge is -2.32. The van der Waals surface area contributed by atoms with Crippen LogP contribution in [0.2, 0.25) is 0 Å². The number of nitrogens with two attached hydrogens (primary N) is 1. The normalized spacial score (nSPS) is 17.3. The van der Waals surface area contributed by atoms with Gasteiger partial charge in [-0.25, -0.2) is 0 Å². The zero-order valence-corrected chi connectivity index (χ0v) is 12.9. The number of nitrogens with one attached hydrogen (secondary N) is 1. The lowest BCUT2D eigenvalue weighted by molar-refractivity contribution is -0.148. The van der Waals surface area contributed by atoms with Crippen molar-refractivity contribution >= 4 is 5.91 Å². The molecule has 0 bridgehead atoms. The zero-order chi connectivity index (χ0) is 16.9. The lowest BCUT2D eigenvalue weighted by atomic mass is 10.0. The minimum Gasteiger partial charge on any atom is -0.366 e. The van der Waals surface area contributed by atoms with Crippen LogP contribution in [0.1, 0.15) is 28.8 Å². The summed E-state index contributed by atoms with van der Waals surface area (Å²) in [6, 6.07) is 7.43. The third kappa shape index (κ3) is 6.19. The number of amides is 1. The van der Waals surface area contributed by atoms with Crippen LogP contribution < -0.4 is 11.1 Å². The molecule has 1 fully saturated rings. The van der Waals surface area contributed by atoms with E-state index in [2.05, 4.69) is 5.32 Å². The molecule has 0 aromatic heterocycles. The Morgan fingerprint density at radius 1 is 1.30 bits per heavy atom. The Morgan fingerprint density at radius 3 is 2.61 bits per heavy atom. The van der Waals surface area contributed by atoms with Gasteiger partial charge in [-0.05, 0) is 56.6 Å². The summed E-state index contributed by atoms with van der Waals surface area (Å²) in [5.74, 6) is -0.447. The van der Waals surface area contributed by atoms with E-state index in [0.29, 0.717) is 18.7 Å². The van der Waals surface area contributed by atoms with E-state index in [1.54, 1.807) is 18.2 Å². The molecule has 3 N–H and O–H groups in total. The summed E-state index contributed by atoms with van der Waals surface area (Å²) in [7, 11) is 0. The SMILES string of the molecule is NC(=O)c1cccc(CCNC2CCN(CC(F)(F)F)CC2)c1. The molecule has 0 atom stereocenters. The fraction of sp³-hybridized carbons (Fsp3) is 0.562. The van der Waals surface area contributed by atoms with Gasteiger partial charge in [-0.1, -0.05) is 12.1 Å². The van der Waals surface area contributed by atoms with Crippen LogP contribution in [0.25, 0.3) is 0 Å². The van der Waals surface area contributed by atoms with Gasteiger partial charge in [0, 0.05) is 11.6 Å². The topological polar surface area (TPSA) is 58.4 Å². The second kappa shape index (κ2) is 7.79. The molecule has 1 aromatic rings.